The predicted molar refractivity (Wildman–Crippen MR) is 68.8 cm³/mol. The first-order chi connectivity index (χ1) is 8.22. The zero-order valence-corrected chi connectivity index (χ0v) is 10.5. The summed E-state index contributed by atoms with van der Waals surface area (Å²) in [4.78, 5) is 4.32. The van der Waals surface area contributed by atoms with Crippen molar-refractivity contribution in [3.05, 3.63) is 41.9 Å². The number of nitrogens with zero attached hydrogens (tertiary/aromatic N) is 1. The van der Waals surface area contributed by atoms with E-state index < -0.39 is 0 Å². The van der Waals surface area contributed by atoms with Gasteiger partial charge in [-0.15, -0.1) is 0 Å². The molecular formula is C14H18N2O. The lowest BCUT2D eigenvalue weighted by molar-refractivity contribution is 0.429. The number of hydrogen-bond acceptors (Lipinski definition) is 3. The molecule has 3 nitrogen and oxygen atoms in total. The van der Waals surface area contributed by atoms with Crippen molar-refractivity contribution < 1.29 is 4.42 Å². The predicted octanol–water partition coefficient (Wildman–Crippen LogP) is 3.32. The normalized spacial score (nSPS) is 12.6. The van der Waals surface area contributed by atoms with E-state index in [-0.39, 0.29) is 6.04 Å². The van der Waals surface area contributed by atoms with Crippen molar-refractivity contribution in [2.45, 2.75) is 26.8 Å². The fourth-order valence-corrected chi connectivity index (χ4v) is 1.86. The summed E-state index contributed by atoms with van der Waals surface area (Å²) in [5, 5.41) is 3.28. The van der Waals surface area contributed by atoms with E-state index >= 15 is 0 Å². The van der Waals surface area contributed by atoms with Crippen molar-refractivity contribution >= 4 is 0 Å². The molecule has 1 atom stereocenters. The summed E-state index contributed by atoms with van der Waals surface area (Å²) >= 11 is 0. The fourth-order valence-electron chi connectivity index (χ4n) is 1.86. The van der Waals surface area contributed by atoms with E-state index in [1.54, 1.807) is 6.20 Å². The zero-order chi connectivity index (χ0) is 12.3. The van der Waals surface area contributed by atoms with Crippen molar-refractivity contribution in [1.82, 2.24) is 10.3 Å². The first-order valence-corrected chi connectivity index (χ1v) is 5.97. The number of nitrogens with one attached hydrogen (secondary N) is 1. The van der Waals surface area contributed by atoms with Crippen molar-refractivity contribution in [2.24, 2.45) is 0 Å². The van der Waals surface area contributed by atoms with Gasteiger partial charge in [0, 0.05) is 5.56 Å². The molecule has 1 unspecified atom stereocenters. The standard InChI is InChI=1S/C14H18N2O/c1-4-15-11(3)14-16-9-13(17-14)12-8-6-5-7-10(12)2/h5-9,11,15H,4H2,1-3H3. The maximum atomic E-state index is 5.79. The quantitative estimate of drug-likeness (QED) is 0.875. The van der Waals surface area contributed by atoms with Gasteiger partial charge >= 0.3 is 0 Å². The van der Waals surface area contributed by atoms with Gasteiger partial charge in [0.2, 0.25) is 5.89 Å². The minimum atomic E-state index is 0.151. The van der Waals surface area contributed by atoms with E-state index in [1.807, 2.05) is 12.1 Å². The lowest BCUT2D eigenvalue weighted by Crippen LogP contribution is -2.17. The van der Waals surface area contributed by atoms with Crippen LogP contribution >= 0.6 is 0 Å². The third-order valence-electron chi connectivity index (χ3n) is 2.81. The first kappa shape index (κ1) is 11.9. The number of rotatable bonds is 4. The van der Waals surface area contributed by atoms with Crippen molar-refractivity contribution in [2.75, 3.05) is 6.54 Å². The van der Waals surface area contributed by atoms with Crippen molar-refractivity contribution in [1.29, 1.82) is 0 Å². The molecule has 1 N–H and O–H groups in total. The molecule has 90 valence electrons. The summed E-state index contributed by atoms with van der Waals surface area (Å²) in [6.45, 7) is 7.10. The van der Waals surface area contributed by atoms with E-state index in [0.717, 1.165) is 23.8 Å². The van der Waals surface area contributed by atoms with Crippen LogP contribution in [0.3, 0.4) is 0 Å². The van der Waals surface area contributed by atoms with Gasteiger partial charge in [-0.2, -0.15) is 0 Å². The Hall–Kier alpha value is -1.61. The second-order valence-electron chi connectivity index (χ2n) is 4.16. The topological polar surface area (TPSA) is 38.1 Å². The van der Waals surface area contributed by atoms with E-state index in [2.05, 4.69) is 43.2 Å². The maximum absolute atomic E-state index is 5.79. The summed E-state index contributed by atoms with van der Waals surface area (Å²) in [6.07, 6.45) is 1.80. The van der Waals surface area contributed by atoms with Gasteiger partial charge in [-0.05, 0) is 26.0 Å². The zero-order valence-electron chi connectivity index (χ0n) is 10.5. The third kappa shape index (κ3) is 2.56. The molecule has 0 radical (unpaired) electrons. The van der Waals surface area contributed by atoms with Crippen LogP contribution in [-0.2, 0) is 0 Å². The molecular weight excluding hydrogens is 212 g/mol. The SMILES string of the molecule is CCNC(C)c1ncc(-c2ccccc2C)o1. The van der Waals surface area contributed by atoms with Crippen LogP contribution < -0.4 is 5.32 Å². The molecule has 2 aromatic rings. The van der Waals surface area contributed by atoms with Gasteiger partial charge in [0.15, 0.2) is 5.76 Å². The second kappa shape index (κ2) is 5.15. The maximum Gasteiger partial charge on any atom is 0.211 e. The minimum absolute atomic E-state index is 0.151. The number of aromatic nitrogens is 1. The van der Waals surface area contributed by atoms with Crippen LogP contribution in [0.1, 0.15) is 31.3 Å². The van der Waals surface area contributed by atoms with Crippen molar-refractivity contribution in [3.63, 3.8) is 0 Å². The summed E-state index contributed by atoms with van der Waals surface area (Å²) in [5.74, 6) is 1.58. The lowest BCUT2D eigenvalue weighted by Gasteiger charge is -2.07. The average molecular weight is 230 g/mol. The Labute approximate surface area is 102 Å². The summed E-state index contributed by atoms with van der Waals surface area (Å²) in [6, 6.07) is 8.32. The molecule has 2 rings (SSSR count). The van der Waals surface area contributed by atoms with Crippen molar-refractivity contribution in [3.8, 4) is 11.3 Å². The molecule has 0 aliphatic rings. The number of aryl methyl sites for hydroxylation is 1. The van der Waals surface area contributed by atoms with Gasteiger partial charge in [-0.1, -0.05) is 31.2 Å². The molecule has 0 saturated heterocycles. The van der Waals surface area contributed by atoms with Crippen LogP contribution in [0.25, 0.3) is 11.3 Å². The molecule has 0 amide bonds. The van der Waals surface area contributed by atoms with Crippen LogP contribution in [0.15, 0.2) is 34.9 Å². The Kier molecular flexibility index (Phi) is 3.59. The Morgan fingerprint density at radius 2 is 2.12 bits per heavy atom. The smallest absolute Gasteiger partial charge is 0.211 e. The monoisotopic (exact) mass is 230 g/mol. The largest absolute Gasteiger partial charge is 0.439 e. The molecule has 17 heavy (non-hydrogen) atoms. The molecule has 0 saturated carbocycles. The third-order valence-corrected chi connectivity index (χ3v) is 2.81. The van der Waals surface area contributed by atoms with Gasteiger partial charge < -0.3 is 9.73 Å². The van der Waals surface area contributed by atoms with E-state index in [1.165, 1.54) is 5.56 Å². The molecule has 3 heteroatoms. The van der Waals surface area contributed by atoms with Gasteiger partial charge in [0.05, 0.1) is 12.2 Å². The number of oxazole rings is 1. The molecule has 0 spiro atoms. The Balaban J connectivity index is 2.27. The molecule has 1 aromatic heterocycles. The van der Waals surface area contributed by atoms with Crippen LogP contribution in [0, 0.1) is 6.92 Å². The molecule has 1 aromatic carbocycles. The summed E-state index contributed by atoms with van der Waals surface area (Å²) < 4.78 is 5.79. The van der Waals surface area contributed by atoms with Crippen LogP contribution in [-0.4, -0.2) is 11.5 Å². The molecule has 0 aliphatic carbocycles. The van der Waals surface area contributed by atoms with Gasteiger partial charge in [0.25, 0.3) is 0 Å². The summed E-state index contributed by atoms with van der Waals surface area (Å²) in [5.41, 5.74) is 2.31. The van der Waals surface area contributed by atoms with Gasteiger partial charge in [0.1, 0.15) is 0 Å². The molecule has 1 heterocycles. The molecule has 0 bridgehead atoms. The average Bonchev–Trinajstić information content (AvgIpc) is 2.79. The Morgan fingerprint density at radius 1 is 1.35 bits per heavy atom. The fraction of sp³-hybridized carbons (Fsp3) is 0.357. The highest BCUT2D eigenvalue weighted by Crippen LogP contribution is 2.25. The highest BCUT2D eigenvalue weighted by atomic mass is 16.4. The Morgan fingerprint density at radius 3 is 2.82 bits per heavy atom. The highest BCUT2D eigenvalue weighted by molar-refractivity contribution is 5.60. The Bertz CT molecular complexity index is 490. The molecule has 0 aliphatic heterocycles. The van der Waals surface area contributed by atoms with Gasteiger partial charge in [-0.3, -0.25) is 0 Å². The van der Waals surface area contributed by atoms with Crippen LogP contribution in [0.5, 0.6) is 0 Å². The summed E-state index contributed by atoms with van der Waals surface area (Å²) in [7, 11) is 0. The number of hydrogen-bond donors (Lipinski definition) is 1. The minimum Gasteiger partial charge on any atom is -0.439 e. The van der Waals surface area contributed by atoms with Gasteiger partial charge in [-0.25, -0.2) is 4.98 Å². The second-order valence-corrected chi connectivity index (χ2v) is 4.16. The van der Waals surface area contributed by atoms with E-state index in [9.17, 15) is 0 Å². The number of benzene rings is 1. The van der Waals surface area contributed by atoms with Crippen LogP contribution in [0.4, 0.5) is 0 Å². The lowest BCUT2D eigenvalue weighted by atomic mass is 10.1. The van der Waals surface area contributed by atoms with E-state index in [0.29, 0.717) is 0 Å². The van der Waals surface area contributed by atoms with E-state index in [4.69, 9.17) is 4.42 Å². The first-order valence-electron chi connectivity index (χ1n) is 5.97. The highest BCUT2D eigenvalue weighted by Gasteiger charge is 2.12. The van der Waals surface area contributed by atoms with Crippen LogP contribution in [0.2, 0.25) is 0 Å². The molecule has 0 fully saturated rings.